The minimum absolute atomic E-state index is 0.0429. The zero-order chi connectivity index (χ0) is 11.6. The SMILES string of the molecule is COc1cc([Se])c(C(F)(F)F)c(OC)c1. The molecule has 0 fully saturated rings. The van der Waals surface area contributed by atoms with Crippen molar-refractivity contribution < 1.29 is 22.6 Å². The van der Waals surface area contributed by atoms with Gasteiger partial charge in [0.25, 0.3) is 0 Å². The van der Waals surface area contributed by atoms with E-state index in [1.54, 1.807) is 0 Å². The second kappa shape index (κ2) is 4.33. The van der Waals surface area contributed by atoms with E-state index >= 15 is 0 Å². The molecule has 0 aliphatic rings. The molecule has 1 aromatic carbocycles. The zero-order valence-electron chi connectivity index (χ0n) is 8.01. The molecule has 0 unspecified atom stereocenters. The third-order valence-corrected chi connectivity index (χ3v) is 2.45. The summed E-state index contributed by atoms with van der Waals surface area (Å²) < 4.78 is 47.2. The molecule has 6 heteroatoms. The van der Waals surface area contributed by atoms with Crippen molar-refractivity contribution >= 4 is 20.5 Å². The summed E-state index contributed by atoms with van der Waals surface area (Å²) in [7, 11) is 2.56. The summed E-state index contributed by atoms with van der Waals surface area (Å²) >= 11 is 2.35. The van der Waals surface area contributed by atoms with E-state index in [-0.39, 0.29) is 10.2 Å². The molecule has 1 rings (SSSR count). The van der Waals surface area contributed by atoms with E-state index in [0.29, 0.717) is 5.75 Å². The summed E-state index contributed by atoms with van der Waals surface area (Å²) in [5, 5.41) is 0. The van der Waals surface area contributed by atoms with E-state index in [0.717, 1.165) is 0 Å². The number of alkyl halides is 3. The molecule has 0 aromatic heterocycles. The van der Waals surface area contributed by atoms with Crippen molar-refractivity contribution in [3.05, 3.63) is 17.7 Å². The van der Waals surface area contributed by atoms with Gasteiger partial charge in [-0.05, 0) is 0 Å². The van der Waals surface area contributed by atoms with Gasteiger partial charge in [0.1, 0.15) is 0 Å². The summed E-state index contributed by atoms with van der Waals surface area (Å²) in [6, 6.07) is 2.47. The van der Waals surface area contributed by atoms with Crippen molar-refractivity contribution in [1.29, 1.82) is 0 Å². The number of halogens is 3. The van der Waals surface area contributed by atoms with Crippen LogP contribution in [0.1, 0.15) is 5.56 Å². The normalized spacial score (nSPS) is 11.3. The van der Waals surface area contributed by atoms with Crippen LogP contribution in [0.25, 0.3) is 0 Å². The average Bonchev–Trinajstić information content (AvgIpc) is 2.14. The van der Waals surface area contributed by atoms with Gasteiger partial charge in [0.05, 0.1) is 0 Å². The van der Waals surface area contributed by atoms with E-state index in [2.05, 4.69) is 20.7 Å². The van der Waals surface area contributed by atoms with Crippen LogP contribution in [0.15, 0.2) is 12.1 Å². The monoisotopic (exact) mass is 285 g/mol. The molecule has 15 heavy (non-hydrogen) atoms. The molecule has 0 aliphatic carbocycles. The fourth-order valence-corrected chi connectivity index (χ4v) is 1.82. The summed E-state index contributed by atoms with van der Waals surface area (Å²) in [4.78, 5) is 0. The fourth-order valence-electron chi connectivity index (χ4n) is 1.12. The molecule has 0 amide bonds. The molecule has 0 atom stereocenters. The van der Waals surface area contributed by atoms with Crippen molar-refractivity contribution in [2.45, 2.75) is 6.18 Å². The Kier molecular flexibility index (Phi) is 3.52. The summed E-state index contributed by atoms with van der Waals surface area (Å²) in [5.41, 5.74) is -0.814. The number of hydrogen-bond donors (Lipinski definition) is 0. The van der Waals surface area contributed by atoms with Gasteiger partial charge < -0.3 is 0 Å². The van der Waals surface area contributed by atoms with Gasteiger partial charge in [-0.15, -0.1) is 0 Å². The van der Waals surface area contributed by atoms with Crippen LogP contribution in [-0.2, 0) is 6.18 Å². The van der Waals surface area contributed by atoms with Crippen LogP contribution in [0.4, 0.5) is 13.2 Å². The van der Waals surface area contributed by atoms with Crippen molar-refractivity contribution in [2.24, 2.45) is 0 Å². The van der Waals surface area contributed by atoms with Gasteiger partial charge in [0.2, 0.25) is 0 Å². The van der Waals surface area contributed by atoms with Crippen molar-refractivity contribution in [2.75, 3.05) is 14.2 Å². The molecule has 2 nitrogen and oxygen atoms in total. The van der Waals surface area contributed by atoms with Crippen LogP contribution in [0.3, 0.4) is 0 Å². The Labute approximate surface area is 93.2 Å². The Balaban J connectivity index is 3.38. The van der Waals surface area contributed by atoms with Crippen molar-refractivity contribution in [1.82, 2.24) is 0 Å². The van der Waals surface area contributed by atoms with Gasteiger partial charge >= 0.3 is 92.7 Å². The maximum absolute atomic E-state index is 12.6. The standard InChI is InChI=1S/C9H8F3O2Se/c1-13-5-3-6(14-2)8(7(15)4-5)9(10,11)12/h3-4H,1-2H3. The number of benzene rings is 1. The second-order valence-electron chi connectivity index (χ2n) is 2.70. The first-order valence-electron chi connectivity index (χ1n) is 3.90. The molecule has 0 N–H and O–H groups in total. The Bertz CT molecular complexity index is 363. The van der Waals surface area contributed by atoms with Gasteiger partial charge in [-0.1, -0.05) is 0 Å². The van der Waals surface area contributed by atoms with E-state index in [9.17, 15) is 13.2 Å². The third-order valence-electron chi connectivity index (χ3n) is 1.78. The van der Waals surface area contributed by atoms with E-state index < -0.39 is 11.7 Å². The molecule has 0 bridgehead atoms. The molecule has 0 saturated carbocycles. The molecular formula is C9H8F3O2Se. The van der Waals surface area contributed by atoms with Crippen molar-refractivity contribution in [3.63, 3.8) is 0 Å². The second-order valence-corrected chi connectivity index (χ2v) is 3.62. The summed E-state index contributed by atoms with van der Waals surface area (Å²) in [6.07, 6.45) is -4.45. The van der Waals surface area contributed by atoms with Crippen LogP contribution in [0.5, 0.6) is 11.5 Å². The Morgan fingerprint density at radius 3 is 2.13 bits per heavy atom. The number of hydrogen-bond acceptors (Lipinski definition) is 2. The summed E-state index contributed by atoms with van der Waals surface area (Å²) in [6.45, 7) is 0. The molecule has 0 aliphatic heterocycles. The van der Waals surface area contributed by atoms with Gasteiger partial charge in [-0.3, -0.25) is 0 Å². The van der Waals surface area contributed by atoms with Gasteiger partial charge in [0, 0.05) is 0 Å². The van der Waals surface area contributed by atoms with E-state index in [1.165, 1.54) is 26.4 Å². The van der Waals surface area contributed by atoms with Gasteiger partial charge in [-0.25, -0.2) is 0 Å². The van der Waals surface area contributed by atoms with Crippen LogP contribution < -0.4 is 13.9 Å². The Hall–Kier alpha value is -0.871. The number of ether oxygens (including phenoxy) is 2. The van der Waals surface area contributed by atoms with Gasteiger partial charge in [0.15, 0.2) is 0 Å². The van der Waals surface area contributed by atoms with Crippen molar-refractivity contribution in [3.8, 4) is 11.5 Å². The quantitative estimate of drug-likeness (QED) is 0.767. The zero-order valence-corrected chi connectivity index (χ0v) is 9.73. The Morgan fingerprint density at radius 2 is 1.73 bits per heavy atom. The average molecular weight is 284 g/mol. The summed E-state index contributed by atoms with van der Waals surface area (Å²) in [5.74, 6) is 0.0594. The first-order chi connectivity index (χ1) is 6.90. The van der Waals surface area contributed by atoms with E-state index in [4.69, 9.17) is 4.74 Å². The van der Waals surface area contributed by atoms with Crippen LogP contribution >= 0.6 is 0 Å². The van der Waals surface area contributed by atoms with Crippen LogP contribution in [0, 0.1) is 0 Å². The molecular weight excluding hydrogens is 276 g/mol. The first-order valence-corrected chi connectivity index (χ1v) is 4.76. The molecule has 1 radical (unpaired) electrons. The minimum atomic E-state index is -4.45. The number of rotatable bonds is 2. The number of methoxy groups -OCH3 is 2. The topological polar surface area (TPSA) is 18.5 Å². The third kappa shape index (κ3) is 2.58. The first kappa shape index (κ1) is 12.2. The fraction of sp³-hybridized carbons (Fsp3) is 0.333. The van der Waals surface area contributed by atoms with Gasteiger partial charge in [-0.2, -0.15) is 0 Å². The maximum atomic E-state index is 12.6. The van der Waals surface area contributed by atoms with Crippen LogP contribution in [-0.4, -0.2) is 30.2 Å². The predicted octanol–water partition coefficient (Wildman–Crippen LogP) is 1.52. The van der Waals surface area contributed by atoms with E-state index in [1.807, 2.05) is 0 Å². The molecule has 0 saturated heterocycles. The predicted molar refractivity (Wildman–Crippen MR) is 49.9 cm³/mol. The van der Waals surface area contributed by atoms with Crippen LogP contribution in [0.2, 0.25) is 0 Å². The Morgan fingerprint density at radius 1 is 1.13 bits per heavy atom. The molecule has 83 valence electrons. The molecule has 0 spiro atoms. The molecule has 1 aromatic rings. The molecule has 0 heterocycles.